The van der Waals surface area contributed by atoms with Gasteiger partial charge in [-0.1, -0.05) is 32.4 Å². The van der Waals surface area contributed by atoms with Gasteiger partial charge in [0.1, 0.15) is 5.75 Å². The topological polar surface area (TPSA) is 55.5 Å². The van der Waals surface area contributed by atoms with Gasteiger partial charge in [0.2, 0.25) is 0 Å². The molecule has 3 heteroatoms. The van der Waals surface area contributed by atoms with Gasteiger partial charge in [0.25, 0.3) is 0 Å². The molecule has 1 aromatic rings. The van der Waals surface area contributed by atoms with Gasteiger partial charge < -0.3 is 15.6 Å². The Morgan fingerprint density at radius 3 is 2.58 bits per heavy atom. The molecule has 0 saturated carbocycles. The van der Waals surface area contributed by atoms with E-state index in [9.17, 15) is 5.11 Å². The van der Waals surface area contributed by atoms with Crippen LogP contribution in [0.15, 0.2) is 18.2 Å². The van der Waals surface area contributed by atoms with Gasteiger partial charge in [-0.3, -0.25) is 0 Å². The number of hydrogen-bond acceptors (Lipinski definition) is 3. The van der Waals surface area contributed by atoms with Crippen molar-refractivity contribution in [2.24, 2.45) is 5.73 Å². The van der Waals surface area contributed by atoms with Crippen molar-refractivity contribution >= 4 is 0 Å². The van der Waals surface area contributed by atoms with Crippen LogP contribution in [-0.2, 0) is 12.8 Å². The largest absolute Gasteiger partial charge is 0.496 e. The highest BCUT2D eigenvalue weighted by atomic mass is 16.5. The first kappa shape index (κ1) is 16.0. The lowest BCUT2D eigenvalue weighted by atomic mass is 9.98. The second-order valence-corrected chi connectivity index (χ2v) is 5.06. The van der Waals surface area contributed by atoms with Crippen molar-refractivity contribution in [3.8, 4) is 5.75 Å². The lowest BCUT2D eigenvalue weighted by Gasteiger charge is -2.19. The number of nitrogens with two attached hydrogens (primary N) is 1. The van der Waals surface area contributed by atoms with Crippen molar-refractivity contribution in [1.82, 2.24) is 0 Å². The summed E-state index contributed by atoms with van der Waals surface area (Å²) < 4.78 is 5.37. The minimum atomic E-state index is -0.435. The Labute approximate surface area is 116 Å². The van der Waals surface area contributed by atoms with Gasteiger partial charge >= 0.3 is 0 Å². The molecule has 0 bridgehead atoms. The standard InChI is InChI=1S/C16H27NO2/c1-4-6-14(17)15(18)9-8-13-11-12(5-2)7-10-16(13)19-3/h7,10-11,14-15,18H,4-6,8-9,17H2,1-3H3. The summed E-state index contributed by atoms with van der Waals surface area (Å²) >= 11 is 0. The zero-order valence-electron chi connectivity index (χ0n) is 12.4. The van der Waals surface area contributed by atoms with Gasteiger partial charge in [-0.2, -0.15) is 0 Å². The van der Waals surface area contributed by atoms with E-state index in [0.717, 1.165) is 37.0 Å². The molecule has 0 aliphatic rings. The average molecular weight is 265 g/mol. The molecule has 0 aliphatic carbocycles. The fourth-order valence-electron chi connectivity index (χ4n) is 2.29. The summed E-state index contributed by atoms with van der Waals surface area (Å²) in [5.74, 6) is 0.897. The highest BCUT2D eigenvalue weighted by Gasteiger charge is 2.15. The maximum Gasteiger partial charge on any atom is 0.122 e. The van der Waals surface area contributed by atoms with Crippen LogP contribution in [-0.4, -0.2) is 24.4 Å². The van der Waals surface area contributed by atoms with E-state index in [4.69, 9.17) is 10.5 Å². The van der Waals surface area contributed by atoms with Crippen LogP contribution in [0.25, 0.3) is 0 Å². The molecule has 3 N–H and O–H groups in total. The minimum absolute atomic E-state index is 0.120. The molecular weight excluding hydrogens is 238 g/mol. The monoisotopic (exact) mass is 265 g/mol. The molecule has 0 aromatic heterocycles. The molecule has 0 fully saturated rings. The zero-order valence-corrected chi connectivity index (χ0v) is 12.4. The third-order valence-corrected chi connectivity index (χ3v) is 3.58. The van der Waals surface area contributed by atoms with Crippen molar-refractivity contribution in [2.75, 3.05) is 7.11 Å². The van der Waals surface area contributed by atoms with Crippen LogP contribution in [0.1, 0.15) is 44.2 Å². The van der Waals surface area contributed by atoms with Crippen LogP contribution in [0.5, 0.6) is 5.75 Å². The molecule has 2 unspecified atom stereocenters. The molecular formula is C16H27NO2. The maximum absolute atomic E-state index is 10.0. The van der Waals surface area contributed by atoms with Crippen molar-refractivity contribution in [2.45, 2.75) is 58.1 Å². The molecule has 1 aromatic carbocycles. The summed E-state index contributed by atoms with van der Waals surface area (Å²) in [6.07, 6.45) is 3.94. The Bertz CT molecular complexity index is 379. The number of methoxy groups -OCH3 is 1. The summed E-state index contributed by atoms with van der Waals surface area (Å²) in [6.45, 7) is 4.22. The predicted octanol–water partition coefficient (Wildman–Crippen LogP) is 2.68. The molecule has 0 aliphatic heterocycles. The Balaban J connectivity index is 2.65. The van der Waals surface area contributed by atoms with Gasteiger partial charge in [0, 0.05) is 6.04 Å². The van der Waals surface area contributed by atoms with Crippen LogP contribution >= 0.6 is 0 Å². The zero-order chi connectivity index (χ0) is 14.3. The molecule has 108 valence electrons. The summed E-state index contributed by atoms with van der Waals surface area (Å²) in [6, 6.07) is 6.13. The van der Waals surface area contributed by atoms with E-state index in [-0.39, 0.29) is 6.04 Å². The molecule has 3 nitrogen and oxygen atoms in total. The number of hydrogen-bond donors (Lipinski definition) is 2. The van der Waals surface area contributed by atoms with E-state index in [1.54, 1.807) is 7.11 Å². The Morgan fingerprint density at radius 1 is 1.26 bits per heavy atom. The third-order valence-electron chi connectivity index (χ3n) is 3.58. The number of benzene rings is 1. The van der Waals surface area contributed by atoms with E-state index in [2.05, 4.69) is 26.0 Å². The molecule has 2 atom stereocenters. The summed E-state index contributed by atoms with van der Waals surface area (Å²) in [7, 11) is 1.68. The summed E-state index contributed by atoms with van der Waals surface area (Å²) in [4.78, 5) is 0. The first-order chi connectivity index (χ1) is 9.12. The lowest BCUT2D eigenvalue weighted by Crippen LogP contribution is -2.34. The van der Waals surface area contributed by atoms with Crippen LogP contribution in [0.4, 0.5) is 0 Å². The molecule has 0 radical (unpaired) electrons. The van der Waals surface area contributed by atoms with Gasteiger partial charge in [0.15, 0.2) is 0 Å². The van der Waals surface area contributed by atoms with Gasteiger partial charge in [-0.15, -0.1) is 0 Å². The van der Waals surface area contributed by atoms with Crippen LogP contribution in [0.2, 0.25) is 0 Å². The molecule has 0 heterocycles. The molecule has 0 amide bonds. The van der Waals surface area contributed by atoms with Crippen LogP contribution < -0.4 is 10.5 Å². The Kier molecular flexibility index (Phi) is 6.89. The molecule has 19 heavy (non-hydrogen) atoms. The van der Waals surface area contributed by atoms with Crippen molar-refractivity contribution in [1.29, 1.82) is 0 Å². The Morgan fingerprint density at radius 2 is 2.00 bits per heavy atom. The first-order valence-corrected chi connectivity index (χ1v) is 7.21. The summed E-state index contributed by atoms with van der Waals surface area (Å²) in [5.41, 5.74) is 8.39. The smallest absolute Gasteiger partial charge is 0.122 e. The number of aliphatic hydroxyl groups is 1. The second-order valence-electron chi connectivity index (χ2n) is 5.06. The fourth-order valence-corrected chi connectivity index (χ4v) is 2.29. The SMILES string of the molecule is CCCC(N)C(O)CCc1cc(CC)ccc1OC. The highest BCUT2D eigenvalue weighted by Crippen LogP contribution is 2.22. The Hall–Kier alpha value is -1.06. The van der Waals surface area contributed by atoms with Crippen molar-refractivity contribution in [3.63, 3.8) is 0 Å². The first-order valence-electron chi connectivity index (χ1n) is 7.21. The van der Waals surface area contributed by atoms with E-state index >= 15 is 0 Å². The minimum Gasteiger partial charge on any atom is -0.496 e. The van der Waals surface area contributed by atoms with Crippen molar-refractivity contribution in [3.05, 3.63) is 29.3 Å². The van der Waals surface area contributed by atoms with E-state index in [0.29, 0.717) is 6.42 Å². The number of rotatable bonds is 8. The van der Waals surface area contributed by atoms with Gasteiger partial charge in [-0.05, 0) is 42.9 Å². The number of aryl methyl sites for hydroxylation is 2. The lowest BCUT2D eigenvalue weighted by molar-refractivity contribution is 0.130. The summed E-state index contributed by atoms with van der Waals surface area (Å²) in [5, 5.41) is 10.0. The fraction of sp³-hybridized carbons (Fsp3) is 0.625. The van der Waals surface area contributed by atoms with Crippen LogP contribution in [0, 0.1) is 0 Å². The average Bonchev–Trinajstić information content (AvgIpc) is 2.44. The second kappa shape index (κ2) is 8.18. The van der Waals surface area contributed by atoms with E-state index in [1.807, 2.05) is 6.07 Å². The van der Waals surface area contributed by atoms with Crippen molar-refractivity contribution < 1.29 is 9.84 Å². The quantitative estimate of drug-likeness (QED) is 0.760. The van der Waals surface area contributed by atoms with E-state index in [1.165, 1.54) is 5.56 Å². The normalized spacial score (nSPS) is 14.2. The third kappa shape index (κ3) is 4.84. The molecule has 0 spiro atoms. The van der Waals surface area contributed by atoms with Gasteiger partial charge in [0.05, 0.1) is 13.2 Å². The van der Waals surface area contributed by atoms with Crippen LogP contribution in [0.3, 0.4) is 0 Å². The van der Waals surface area contributed by atoms with E-state index < -0.39 is 6.10 Å². The predicted molar refractivity (Wildman–Crippen MR) is 79.6 cm³/mol. The molecule has 1 rings (SSSR count). The number of ether oxygens (including phenoxy) is 1. The van der Waals surface area contributed by atoms with Gasteiger partial charge in [-0.25, -0.2) is 0 Å². The molecule has 0 saturated heterocycles. The maximum atomic E-state index is 10.0. The number of aliphatic hydroxyl groups excluding tert-OH is 1. The highest BCUT2D eigenvalue weighted by molar-refractivity contribution is 5.37.